The van der Waals surface area contributed by atoms with Crippen molar-refractivity contribution in [1.29, 1.82) is 0 Å². The summed E-state index contributed by atoms with van der Waals surface area (Å²) in [7, 11) is -3.57. The number of aromatic nitrogens is 4. The van der Waals surface area contributed by atoms with Crippen molar-refractivity contribution in [2.45, 2.75) is 25.2 Å². The van der Waals surface area contributed by atoms with E-state index in [1.165, 1.54) is 35.3 Å². The molecule has 162 valence electrons. The largest absolute Gasteiger partial charge is 0.322 e. The van der Waals surface area contributed by atoms with Crippen LogP contribution in [0.2, 0.25) is 0 Å². The number of nitrogens with zero attached hydrogens (tertiary/aromatic N) is 5. The standard InChI is InChI=1S/C21H24N6O3S/c1-15-11-16(2)13-26(12-15)31(29,30)20-9-3-17(4-10-20)21(28)23-18-5-7-19(8-6-18)27-14-22-24-25-27/h3-10,14-16H,11-13H2,1-2H3,(H,23,28)/t15-,16+. The summed E-state index contributed by atoms with van der Waals surface area (Å²) >= 11 is 0. The van der Waals surface area contributed by atoms with Crippen LogP contribution in [-0.2, 0) is 10.0 Å². The summed E-state index contributed by atoms with van der Waals surface area (Å²) in [6.45, 7) is 5.19. The number of piperidine rings is 1. The first-order chi connectivity index (χ1) is 14.8. The minimum Gasteiger partial charge on any atom is -0.322 e. The molecule has 1 aliphatic heterocycles. The third-order valence-electron chi connectivity index (χ3n) is 5.33. The Balaban J connectivity index is 1.44. The van der Waals surface area contributed by atoms with Gasteiger partial charge in [0.1, 0.15) is 6.33 Å². The molecule has 0 unspecified atom stereocenters. The van der Waals surface area contributed by atoms with Crippen LogP contribution in [0.15, 0.2) is 59.8 Å². The van der Waals surface area contributed by atoms with Gasteiger partial charge < -0.3 is 5.32 Å². The highest BCUT2D eigenvalue weighted by Crippen LogP contribution is 2.27. The molecule has 0 radical (unpaired) electrons. The topological polar surface area (TPSA) is 110 Å². The van der Waals surface area contributed by atoms with Gasteiger partial charge in [-0.05, 0) is 77.2 Å². The summed E-state index contributed by atoms with van der Waals surface area (Å²) in [5.74, 6) is 0.339. The van der Waals surface area contributed by atoms with Crippen LogP contribution in [0.5, 0.6) is 0 Å². The Morgan fingerprint density at radius 3 is 2.23 bits per heavy atom. The molecule has 0 spiro atoms. The second-order valence-corrected chi connectivity index (χ2v) is 9.99. The fraction of sp³-hybridized carbons (Fsp3) is 0.333. The smallest absolute Gasteiger partial charge is 0.255 e. The minimum atomic E-state index is -3.57. The van der Waals surface area contributed by atoms with Gasteiger partial charge in [0.05, 0.1) is 10.6 Å². The highest BCUT2D eigenvalue weighted by molar-refractivity contribution is 7.89. The first-order valence-electron chi connectivity index (χ1n) is 10.1. The quantitative estimate of drug-likeness (QED) is 0.653. The van der Waals surface area contributed by atoms with Gasteiger partial charge in [0, 0.05) is 24.3 Å². The van der Waals surface area contributed by atoms with Crippen molar-refractivity contribution in [3.63, 3.8) is 0 Å². The zero-order chi connectivity index (χ0) is 22.0. The number of carbonyl (C=O) groups is 1. The van der Waals surface area contributed by atoms with Crippen molar-refractivity contribution in [3.05, 3.63) is 60.4 Å². The summed E-state index contributed by atoms with van der Waals surface area (Å²) in [5, 5.41) is 13.8. The van der Waals surface area contributed by atoms with Crippen LogP contribution in [0.25, 0.3) is 5.69 Å². The molecule has 0 aliphatic carbocycles. The van der Waals surface area contributed by atoms with Crippen LogP contribution in [0.1, 0.15) is 30.6 Å². The molecule has 4 rings (SSSR count). The molecule has 3 aromatic rings. The van der Waals surface area contributed by atoms with E-state index < -0.39 is 10.0 Å². The predicted molar refractivity (Wildman–Crippen MR) is 115 cm³/mol. The van der Waals surface area contributed by atoms with Gasteiger partial charge in [0.25, 0.3) is 5.91 Å². The Kier molecular flexibility index (Phi) is 5.84. The Morgan fingerprint density at radius 1 is 1.00 bits per heavy atom. The maximum absolute atomic E-state index is 13.0. The molecule has 1 saturated heterocycles. The summed E-state index contributed by atoms with van der Waals surface area (Å²) < 4.78 is 29.0. The lowest BCUT2D eigenvalue weighted by Gasteiger charge is -2.34. The molecule has 2 atom stereocenters. The Morgan fingerprint density at radius 2 is 1.65 bits per heavy atom. The lowest BCUT2D eigenvalue weighted by molar-refractivity contribution is 0.102. The third-order valence-corrected chi connectivity index (χ3v) is 7.17. The first kappa shape index (κ1) is 21.1. The lowest BCUT2D eigenvalue weighted by atomic mass is 9.94. The Hall–Kier alpha value is -3.11. The average Bonchev–Trinajstić information content (AvgIpc) is 3.28. The zero-order valence-corrected chi connectivity index (χ0v) is 18.2. The van der Waals surface area contributed by atoms with Crippen molar-refractivity contribution in [2.75, 3.05) is 18.4 Å². The second kappa shape index (κ2) is 8.56. The lowest BCUT2D eigenvalue weighted by Crippen LogP contribution is -2.42. The molecule has 2 heterocycles. The number of nitrogens with one attached hydrogen (secondary N) is 1. The number of carbonyl (C=O) groups excluding carboxylic acids is 1. The van der Waals surface area contributed by atoms with E-state index >= 15 is 0 Å². The first-order valence-corrected chi connectivity index (χ1v) is 11.5. The van der Waals surface area contributed by atoms with E-state index in [2.05, 4.69) is 34.7 Å². The number of hydrogen-bond acceptors (Lipinski definition) is 6. The minimum absolute atomic E-state index is 0.205. The van der Waals surface area contributed by atoms with Crippen LogP contribution >= 0.6 is 0 Å². The van der Waals surface area contributed by atoms with Crippen molar-refractivity contribution >= 4 is 21.6 Å². The highest BCUT2D eigenvalue weighted by atomic mass is 32.2. The van der Waals surface area contributed by atoms with Crippen LogP contribution in [-0.4, -0.2) is 51.9 Å². The molecule has 0 saturated carbocycles. The Bertz CT molecular complexity index is 1130. The normalized spacial score (nSPS) is 19.8. The third kappa shape index (κ3) is 4.64. The molecule has 2 aromatic carbocycles. The molecular weight excluding hydrogens is 416 g/mol. The van der Waals surface area contributed by atoms with Gasteiger partial charge >= 0.3 is 0 Å². The van der Waals surface area contributed by atoms with Crippen LogP contribution in [0.4, 0.5) is 5.69 Å². The molecule has 0 bridgehead atoms. The summed E-state index contributed by atoms with van der Waals surface area (Å²) in [6.07, 6.45) is 2.51. The molecular formula is C21H24N6O3S. The van der Waals surface area contributed by atoms with Crippen molar-refractivity contribution in [2.24, 2.45) is 11.8 Å². The van der Waals surface area contributed by atoms with E-state index in [1.807, 2.05) is 0 Å². The Labute approximate surface area is 181 Å². The summed E-state index contributed by atoms with van der Waals surface area (Å²) in [4.78, 5) is 12.8. The predicted octanol–water partition coefficient (Wildman–Crippen LogP) is 2.58. The number of anilines is 1. The molecule has 10 heteroatoms. The van der Waals surface area contributed by atoms with Crippen LogP contribution in [0, 0.1) is 11.8 Å². The molecule has 1 N–H and O–H groups in total. The van der Waals surface area contributed by atoms with E-state index in [-0.39, 0.29) is 10.8 Å². The van der Waals surface area contributed by atoms with Gasteiger partial charge in [-0.3, -0.25) is 4.79 Å². The van der Waals surface area contributed by atoms with Gasteiger partial charge in [0.15, 0.2) is 0 Å². The van der Waals surface area contributed by atoms with Crippen molar-refractivity contribution in [3.8, 4) is 5.69 Å². The van der Waals surface area contributed by atoms with Gasteiger partial charge in [-0.2, -0.15) is 4.31 Å². The van der Waals surface area contributed by atoms with Gasteiger partial charge in [-0.15, -0.1) is 5.10 Å². The average molecular weight is 441 g/mol. The molecule has 1 amide bonds. The maximum atomic E-state index is 13.0. The van der Waals surface area contributed by atoms with E-state index in [4.69, 9.17) is 0 Å². The monoisotopic (exact) mass is 440 g/mol. The molecule has 9 nitrogen and oxygen atoms in total. The second-order valence-electron chi connectivity index (χ2n) is 8.05. The van der Waals surface area contributed by atoms with Crippen molar-refractivity contribution in [1.82, 2.24) is 24.5 Å². The molecule has 31 heavy (non-hydrogen) atoms. The van der Waals surface area contributed by atoms with Crippen molar-refractivity contribution < 1.29 is 13.2 Å². The van der Waals surface area contributed by atoms with Crippen LogP contribution in [0.3, 0.4) is 0 Å². The fourth-order valence-electron chi connectivity index (χ4n) is 3.91. The number of hydrogen-bond donors (Lipinski definition) is 1. The number of amides is 1. The van der Waals surface area contributed by atoms with Gasteiger partial charge in [-0.1, -0.05) is 13.8 Å². The van der Waals surface area contributed by atoms with Crippen LogP contribution < -0.4 is 5.32 Å². The SMILES string of the molecule is C[C@@H]1C[C@H](C)CN(S(=O)(=O)c2ccc(C(=O)Nc3ccc(-n4cnnn4)cc3)cc2)C1. The van der Waals surface area contributed by atoms with Gasteiger partial charge in [0.2, 0.25) is 10.0 Å². The molecule has 1 aromatic heterocycles. The van der Waals surface area contributed by atoms with E-state index in [9.17, 15) is 13.2 Å². The fourth-order valence-corrected chi connectivity index (χ4v) is 5.59. The highest BCUT2D eigenvalue weighted by Gasteiger charge is 2.31. The number of tetrazole rings is 1. The maximum Gasteiger partial charge on any atom is 0.255 e. The van der Waals surface area contributed by atoms with E-state index in [1.54, 1.807) is 28.6 Å². The number of rotatable bonds is 5. The van der Waals surface area contributed by atoms with Gasteiger partial charge in [-0.25, -0.2) is 13.1 Å². The number of benzene rings is 2. The molecule has 1 fully saturated rings. The van der Waals surface area contributed by atoms with E-state index in [0.29, 0.717) is 36.2 Å². The van der Waals surface area contributed by atoms with E-state index in [0.717, 1.165) is 12.1 Å². The summed E-state index contributed by atoms with van der Waals surface area (Å²) in [5.41, 5.74) is 1.75. The number of sulfonamides is 1. The molecule has 1 aliphatic rings. The zero-order valence-electron chi connectivity index (χ0n) is 17.3. The summed E-state index contributed by atoms with van der Waals surface area (Å²) in [6, 6.07) is 13.1.